The molecule has 1 aromatic heterocycles. The number of aromatic nitrogens is 1. The van der Waals surface area contributed by atoms with E-state index in [2.05, 4.69) is 19.9 Å². The average Bonchev–Trinajstić information content (AvgIpc) is 2.37. The molecule has 11 heteroatoms. The maximum absolute atomic E-state index is 11.8. The zero-order valence-electron chi connectivity index (χ0n) is 10.1. The van der Waals surface area contributed by atoms with Crippen molar-refractivity contribution in [2.75, 3.05) is 25.2 Å². The van der Waals surface area contributed by atoms with E-state index in [1.807, 2.05) is 0 Å². The molecule has 0 saturated heterocycles. The summed E-state index contributed by atoms with van der Waals surface area (Å²) >= 11 is 5.75. The van der Waals surface area contributed by atoms with Crippen molar-refractivity contribution in [2.24, 2.45) is 5.84 Å². The maximum Gasteiger partial charge on any atom is 0.261 e. The van der Waals surface area contributed by atoms with Gasteiger partial charge in [0.1, 0.15) is 11.5 Å². The Balaban J connectivity index is 2.58. The molecular weight excluding hydrogens is 318 g/mol. The van der Waals surface area contributed by atoms with E-state index in [9.17, 15) is 17.2 Å². The topological polar surface area (TPSA) is 106 Å². The van der Waals surface area contributed by atoms with Gasteiger partial charge in [-0.15, -0.1) is 0 Å². The van der Waals surface area contributed by atoms with Crippen LogP contribution in [0.1, 0.15) is 0 Å². The quantitative estimate of drug-likeness (QED) is 0.366. The number of nitrogens with zero attached hydrogens (tertiary/aromatic N) is 1. The van der Waals surface area contributed by atoms with Gasteiger partial charge in [0, 0.05) is 12.7 Å². The number of anilines is 1. The van der Waals surface area contributed by atoms with E-state index in [1.54, 1.807) is 0 Å². The van der Waals surface area contributed by atoms with Crippen LogP contribution in [0.4, 0.5) is 14.6 Å². The third-order valence-corrected chi connectivity index (χ3v) is 3.76. The lowest BCUT2D eigenvalue weighted by atomic mass is 10.5. The van der Waals surface area contributed by atoms with E-state index >= 15 is 0 Å². The monoisotopic (exact) mass is 330 g/mol. The van der Waals surface area contributed by atoms with E-state index in [0.29, 0.717) is 0 Å². The molecule has 0 bridgehead atoms. The van der Waals surface area contributed by atoms with Gasteiger partial charge in [0.2, 0.25) is 10.0 Å². The third kappa shape index (κ3) is 5.13. The molecule has 0 spiro atoms. The summed E-state index contributed by atoms with van der Waals surface area (Å²) in [6.07, 6.45) is -1.53. The minimum absolute atomic E-state index is 0.0318. The summed E-state index contributed by atoms with van der Waals surface area (Å²) in [5.74, 6) is 5.24. The molecule has 0 unspecified atom stereocenters. The first-order valence-corrected chi connectivity index (χ1v) is 7.20. The van der Waals surface area contributed by atoms with Gasteiger partial charge in [0.25, 0.3) is 6.43 Å². The van der Waals surface area contributed by atoms with Crippen molar-refractivity contribution in [3.63, 3.8) is 0 Å². The molecule has 0 radical (unpaired) electrons. The third-order valence-electron chi connectivity index (χ3n) is 2.05. The summed E-state index contributed by atoms with van der Waals surface area (Å²) in [5.41, 5.74) is 2.20. The first-order chi connectivity index (χ1) is 9.36. The predicted molar refractivity (Wildman–Crippen MR) is 69.1 cm³/mol. The number of nitrogen functional groups attached to an aromatic ring is 1. The Bertz CT molecular complexity index is 544. The van der Waals surface area contributed by atoms with Crippen molar-refractivity contribution >= 4 is 27.4 Å². The second-order valence-corrected chi connectivity index (χ2v) is 5.68. The number of nitrogens with two attached hydrogens (primary N) is 1. The number of nitrogens with one attached hydrogen (secondary N) is 2. The summed E-state index contributed by atoms with van der Waals surface area (Å²) in [6, 6.07) is 1.16. The van der Waals surface area contributed by atoms with E-state index in [-0.39, 0.29) is 28.9 Å². The van der Waals surface area contributed by atoms with E-state index < -0.39 is 23.1 Å². The van der Waals surface area contributed by atoms with Crippen molar-refractivity contribution in [1.29, 1.82) is 0 Å². The molecule has 20 heavy (non-hydrogen) atoms. The fourth-order valence-electron chi connectivity index (χ4n) is 1.18. The van der Waals surface area contributed by atoms with Crippen LogP contribution in [0, 0.1) is 0 Å². The molecule has 7 nitrogen and oxygen atoms in total. The van der Waals surface area contributed by atoms with E-state index in [4.69, 9.17) is 17.4 Å². The van der Waals surface area contributed by atoms with Crippen LogP contribution in [0.25, 0.3) is 0 Å². The van der Waals surface area contributed by atoms with Crippen LogP contribution >= 0.6 is 11.6 Å². The molecule has 0 aliphatic heterocycles. The van der Waals surface area contributed by atoms with Crippen LogP contribution < -0.4 is 16.0 Å². The van der Waals surface area contributed by atoms with Gasteiger partial charge >= 0.3 is 0 Å². The molecule has 1 aromatic rings. The number of hydrogen-bond acceptors (Lipinski definition) is 6. The molecule has 0 aromatic carbocycles. The highest BCUT2D eigenvalue weighted by molar-refractivity contribution is 7.89. The predicted octanol–water partition coefficient (Wildman–Crippen LogP) is 0.581. The molecular formula is C9H13ClF2N4O3S. The van der Waals surface area contributed by atoms with Gasteiger partial charge in [0.05, 0.1) is 11.6 Å². The number of ether oxygens (including phenoxy) is 1. The van der Waals surface area contributed by atoms with E-state index in [1.165, 1.54) is 0 Å². The van der Waals surface area contributed by atoms with Gasteiger partial charge in [0.15, 0.2) is 5.82 Å². The SMILES string of the molecule is NNc1ncc(S(=O)(=O)NCCOCC(F)F)cc1Cl. The van der Waals surface area contributed by atoms with Crippen molar-refractivity contribution in [2.45, 2.75) is 11.3 Å². The molecule has 0 aliphatic carbocycles. The van der Waals surface area contributed by atoms with Gasteiger partial charge in [-0.05, 0) is 6.07 Å². The average molecular weight is 331 g/mol. The summed E-state index contributed by atoms with van der Waals surface area (Å²) in [7, 11) is -3.84. The normalized spacial score (nSPS) is 11.8. The number of rotatable bonds is 8. The Morgan fingerprint density at radius 1 is 1.50 bits per heavy atom. The first kappa shape index (κ1) is 17.0. The molecule has 114 valence electrons. The Kier molecular flexibility index (Phi) is 6.49. The van der Waals surface area contributed by atoms with Crippen molar-refractivity contribution in [1.82, 2.24) is 9.71 Å². The minimum Gasteiger partial charge on any atom is -0.374 e. The number of hydrazine groups is 1. The van der Waals surface area contributed by atoms with Crippen LogP contribution in [0.3, 0.4) is 0 Å². The zero-order valence-corrected chi connectivity index (χ0v) is 11.7. The molecule has 1 heterocycles. The second kappa shape index (κ2) is 7.64. The Labute approximate surface area is 119 Å². The lowest BCUT2D eigenvalue weighted by Crippen LogP contribution is -2.28. The lowest BCUT2D eigenvalue weighted by Gasteiger charge is -2.08. The molecule has 0 amide bonds. The number of alkyl halides is 2. The maximum atomic E-state index is 11.8. The van der Waals surface area contributed by atoms with Crippen LogP contribution in [0.15, 0.2) is 17.2 Å². The Hall–Kier alpha value is -1.07. The second-order valence-electron chi connectivity index (χ2n) is 3.51. The fourth-order valence-corrected chi connectivity index (χ4v) is 2.45. The summed E-state index contributed by atoms with van der Waals surface area (Å²) in [5, 5.41) is 0.0318. The minimum atomic E-state index is -3.84. The standard InChI is InChI=1S/C9H13ClF2N4O3S/c10-7-3-6(4-14-9(7)16-13)20(17,18)15-1-2-19-5-8(11)12/h3-4,8,15H,1-2,5,13H2,(H,14,16). The van der Waals surface area contributed by atoms with Crippen molar-refractivity contribution < 1.29 is 21.9 Å². The van der Waals surface area contributed by atoms with Crippen LogP contribution in [0.5, 0.6) is 0 Å². The number of hydrogen-bond donors (Lipinski definition) is 3. The first-order valence-electron chi connectivity index (χ1n) is 5.34. The molecule has 0 fully saturated rings. The number of halogens is 3. The smallest absolute Gasteiger partial charge is 0.261 e. The van der Waals surface area contributed by atoms with Crippen molar-refractivity contribution in [3.05, 3.63) is 17.3 Å². The lowest BCUT2D eigenvalue weighted by molar-refractivity contribution is 0.0199. The molecule has 0 atom stereocenters. The number of sulfonamides is 1. The van der Waals surface area contributed by atoms with Gasteiger partial charge in [-0.25, -0.2) is 32.7 Å². The van der Waals surface area contributed by atoms with Crippen LogP contribution in [-0.4, -0.2) is 39.6 Å². The van der Waals surface area contributed by atoms with Gasteiger partial charge in [-0.1, -0.05) is 11.6 Å². The molecule has 0 saturated carbocycles. The summed E-state index contributed by atoms with van der Waals surface area (Å²) in [4.78, 5) is 3.54. The summed E-state index contributed by atoms with van der Waals surface area (Å²) < 4.78 is 53.9. The highest BCUT2D eigenvalue weighted by Gasteiger charge is 2.16. The van der Waals surface area contributed by atoms with Gasteiger partial charge < -0.3 is 10.2 Å². The Morgan fingerprint density at radius 2 is 2.20 bits per heavy atom. The van der Waals surface area contributed by atoms with Gasteiger partial charge in [-0.3, -0.25) is 0 Å². The molecule has 0 aliphatic rings. The highest BCUT2D eigenvalue weighted by atomic mass is 35.5. The summed E-state index contributed by atoms with van der Waals surface area (Å²) in [6.45, 7) is -1.07. The molecule has 4 N–H and O–H groups in total. The molecule has 1 rings (SSSR count). The van der Waals surface area contributed by atoms with Crippen LogP contribution in [-0.2, 0) is 14.8 Å². The van der Waals surface area contributed by atoms with Crippen molar-refractivity contribution in [3.8, 4) is 0 Å². The highest BCUT2D eigenvalue weighted by Crippen LogP contribution is 2.21. The van der Waals surface area contributed by atoms with Gasteiger partial charge in [-0.2, -0.15) is 0 Å². The zero-order chi connectivity index (χ0) is 15.2. The Morgan fingerprint density at radius 3 is 2.75 bits per heavy atom. The van der Waals surface area contributed by atoms with Crippen LogP contribution in [0.2, 0.25) is 5.02 Å². The largest absolute Gasteiger partial charge is 0.374 e. The fraction of sp³-hybridized carbons (Fsp3) is 0.444. The van der Waals surface area contributed by atoms with E-state index in [0.717, 1.165) is 12.3 Å². The number of pyridine rings is 1.